The number of likely N-dealkylation sites (tertiary alicyclic amines) is 1. The van der Waals surface area contributed by atoms with Crippen LogP contribution < -0.4 is 0 Å². The van der Waals surface area contributed by atoms with Crippen LogP contribution in [0.15, 0.2) is 24.3 Å². The summed E-state index contributed by atoms with van der Waals surface area (Å²) in [5.74, 6) is -1.03. The largest absolute Gasteiger partial charge is 0.481 e. The third-order valence-electron chi connectivity index (χ3n) is 6.06. The molecule has 1 aromatic carbocycles. The molecule has 2 aliphatic rings. The summed E-state index contributed by atoms with van der Waals surface area (Å²) in [6.45, 7) is 3.78. The predicted octanol–water partition coefficient (Wildman–Crippen LogP) is 2.94. The van der Waals surface area contributed by atoms with Crippen molar-refractivity contribution in [3.63, 3.8) is 0 Å². The molecule has 6 nitrogen and oxygen atoms in total. The second-order valence-corrected chi connectivity index (χ2v) is 7.76. The maximum atomic E-state index is 12.5. The first-order valence-corrected chi connectivity index (χ1v) is 10.2. The van der Waals surface area contributed by atoms with Gasteiger partial charge >= 0.3 is 5.97 Å². The number of ketones is 1. The van der Waals surface area contributed by atoms with Gasteiger partial charge in [0.1, 0.15) is 0 Å². The summed E-state index contributed by atoms with van der Waals surface area (Å²) in [6.07, 6.45) is 3.22. The number of amides is 1. The van der Waals surface area contributed by atoms with Crippen molar-refractivity contribution in [2.24, 2.45) is 11.8 Å². The van der Waals surface area contributed by atoms with Gasteiger partial charge in [-0.2, -0.15) is 0 Å². The van der Waals surface area contributed by atoms with Crippen LogP contribution in [0.25, 0.3) is 0 Å². The first-order valence-electron chi connectivity index (χ1n) is 10.2. The van der Waals surface area contributed by atoms with E-state index < -0.39 is 11.9 Å². The molecule has 1 N–H and O–H groups in total. The monoisotopic (exact) mass is 387 g/mol. The third-order valence-corrected chi connectivity index (χ3v) is 6.06. The zero-order chi connectivity index (χ0) is 20.1. The maximum Gasteiger partial charge on any atom is 0.309 e. The highest BCUT2D eigenvalue weighted by Gasteiger charge is 2.40. The molecule has 28 heavy (non-hydrogen) atoms. The number of rotatable bonds is 7. The molecule has 2 heterocycles. The van der Waals surface area contributed by atoms with Gasteiger partial charge in [0, 0.05) is 38.1 Å². The minimum atomic E-state index is -0.786. The molecule has 2 fully saturated rings. The summed E-state index contributed by atoms with van der Waals surface area (Å²) in [5, 5.41) is 9.32. The molecule has 1 unspecified atom stereocenters. The lowest BCUT2D eigenvalue weighted by Crippen LogP contribution is -2.43. The van der Waals surface area contributed by atoms with E-state index in [1.807, 2.05) is 24.3 Å². The van der Waals surface area contributed by atoms with Gasteiger partial charge in [-0.25, -0.2) is 0 Å². The van der Waals surface area contributed by atoms with Crippen LogP contribution in [0, 0.1) is 11.8 Å². The van der Waals surface area contributed by atoms with Crippen molar-refractivity contribution >= 4 is 17.7 Å². The molecular formula is C22H29NO5. The van der Waals surface area contributed by atoms with Gasteiger partial charge in [-0.15, -0.1) is 0 Å². The van der Waals surface area contributed by atoms with Gasteiger partial charge in [0.05, 0.1) is 12.0 Å². The first kappa shape index (κ1) is 20.5. The number of carbonyl (C=O) groups excluding carboxylic acids is 2. The Kier molecular flexibility index (Phi) is 6.83. The zero-order valence-electron chi connectivity index (χ0n) is 16.4. The van der Waals surface area contributed by atoms with Crippen LogP contribution >= 0.6 is 0 Å². The second-order valence-electron chi connectivity index (χ2n) is 7.76. The average Bonchev–Trinajstić information content (AvgIpc) is 3.22. The number of ether oxygens (including phenoxy) is 1. The summed E-state index contributed by atoms with van der Waals surface area (Å²) in [5.41, 5.74) is 1.84. The van der Waals surface area contributed by atoms with E-state index in [2.05, 4.69) is 6.92 Å². The lowest BCUT2D eigenvalue weighted by Gasteiger charge is -2.35. The molecule has 0 spiro atoms. The molecule has 0 bridgehead atoms. The van der Waals surface area contributed by atoms with Crippen LogP contribution in [0.1, 0.15) is 54.9 Å². The van der Waals surface area contributed by atoms with Crippen LogP contribution in [0.2, 0.25) is 0 Å². The van der Waals surface area contributed by atoms with Gasteiger partial charge in [-0.3, -0.25) is 14.4 Å². The molecule has 0 radical (unpaired) electrons. The molecule has 1 aromatic rings. The van der Waals surface area contributed by atoms with Gasteiger partial charge in [0.15, 0.2) is 5.78 Å². The number of benzene rings is 1. The van der Waals surface area contributed by atoms with E-state index in [4.69, 9.17) is 4.74 Å². The number of carboxylic acids is 1. The van der Waals surface area contributed by atoms with E-state index in [0.717, 1.165) is 19.3 Å². The average molecular weight is 387 g/mol. The van der Waals surface area contributed by atoms with E-state index in [9.17, 15) is 19.5 Å². The van der Waals surface area contributed by atoms with E-state index in [1.54, 1.807) is 4.90 Å². The van der Waals surface area contributed by atoms with Crippen molar-refractivity contribution in [1.29, 1.82) is 0 Å². The number of Topliss-reactive ketones (excluding diaryl/α,β-unsaturated/α-hetero) is 1. The van der Waals surface area contributed by atoms with Crippen molar-refractivity contribution < 1.29 is 24.2 Å². The SMILES string of the molecule is CCc1ccc(C(=O)CCC(=O)N2CCC([C@@H]3OCCC3C(=O)O)CC2)cc1. The fourth-order valence-corrected chi connectivity index (χ4v) is 4.27. The van der Waals surface area contributed by atoms with Crippen LogP contribution in [-0.4, -0.2) is 53.5 Å². The van der Waals surface area contributed by atoms with Crippen molar-refractivity contribution in [2.75, 3.05) is 19.7 Å². The summed E-state index contributed by atoms with van der Waals surface area (Å²) in [6, 6.07) is 7.57. The smallest absolute Gasteiger partial charge is 0.309 e. The Bertz CT molecular complexity index is 706. The van der Waals surface area contributed by atoms with Crippen molar-refractivity contribution in [3.05, 3.63) is 35.4 Å². The topological polar surface area (TPSA) is 83.9 Å². The minimum absolute atomic E-state index is 0.000830. The number of carboxylic acid groups (broad SMARTS) is 1. The molecule has 2 atom stereocenters. The lowest BCUT2D eigenvalue weighted by atomic mass is 9.84. The molecular weight excluding hydrogens is 358 g/mol. The Balaban J connectivity index is 1.44. The fourth-order valence-electron chi connectivity index (χ4n) is 4.27. The van der Waals surface area contributed by atoms with Gasteiger partial charge < -0.3 is 14.7 Å². The quantitative estimate of drug-likeness (QED) is 0.727. The van der Waals surface area contributed by atoms with E-state index in [0.29, 0.717) is 31.7 Å². The molecule has 0 aliphatic carbocycles. The minimum Gasteiger partial charge on any atom is -0.481 e. The van der Waals surface area contributed by atoms with Gasteiger partial charge in [-0.1, -0.05) is 31.2 Å². The number of carbonyl (C=O) groups is 3. The van der Waals surface area contributed by atoms with E-state index in [1.165, 1.54) is 5.56 Å². The van der Waals surface area contributed by atoms with Crippen molar-refractivity contribution in [1.82, 2.24) is 4.90 Å². The summed E-state index contributed by atoms with van der Waals surface area (Å²) < 4.78 is 5.68. The molecule has 2 saturated heterocycles. The molecule has 0 saturated carbocycles. The maximum absolute atomic E-state index is 12.5. The van der Waals surface area contributed by atoms with Crippen LogP contribution in [0.4, 0.5) is 0 Å². The number of aliphatic carboxylic acids is 1. The van der Waals surface area contributed by atoms with Crippen LogP contribution in [-0.2, 0) is 20.7 Å². The number of hydrogen-bond acceptors (Lipinski definition) is 4. The number of aryl methyl sites for hydroxylation is 1. The summed E-state index contributed by atoms with van der Waals surface area (Å²) >= 11 is 0. The van der Waals surface area contributed by atoms with Gasteiger partial charge in [0.25, 0.3) is 0 Å². The molecule has 152 valence electrons. The zero-order valence-corrected chi connectivity index (χ0v) is 16.4. The third kappa shape index (κ3) is 4.79. The van der Waals surface area contributed by atoms with Crippen molar-refractivity contribution in [2.45, 2.75) is 51.6 Å². The van der Waals surface area contributed by atoms with Gasteiger partial charge in [-0.05, 0) is 37.2 Å². The van der Waals surface area contributed by atoms with E-state index >= 15 is 0 Å². The molecule has 1 amide bonds. The Hall–Kier alpha value is -2.21. The molecule has 0 aromatic heterocycles. The van der Waals surface area contributed by atoms with Crippen LogP contribution in [0.3, 0.4) is 0 Å². The van der Waals surface area contributed by atoms with Crippen molar-refractivity contribution in [3.8, 4) is 0 Å². The Labute approximate surface area is 165 Å². The summed E-state index contributed by atoms with van der Waals surface area (Å²) in [4.78, 5) is 38.0. The fraction of sp³-hybridized carbons (Fsp3) is 0.591. The number of nitrogens with zero attached hydrogens (tertiary/aromatic N) is 1. The highest BCUT2D eigenvalue weighted by atomic mass is 16.5. The van der Waals surface area contributed by atoms with Crippen LogP contribution in [0.5, 0.6) is 0 Å². The molecule has 2 aliphatic heterocycles. The summed E-state index contributed by atoms with van der Waals surface area (Å²) in [7, 11) is 0. The Morgan fingerprint density at radius 2 is 1.75 bits per heavy atom. The molecule has 3 rings (SSSR count). The number of hydrogen-bond donors (Lipinski definition) is 1. The standard InChI is InChI=1S/C22H29NO5/c1-2-15-3-5-16(6-4-15)19(24)7-8-20(25)23-12-9-17(10-13-23)21-18(22(26)27)11-14-28-21/h3-6,17-18,21H,2,7-14H2,1H3,(H,26,27)/t18?,21-/m0/s1. The van der Waals surface area contributed by atoms with Gasteiger partial charge in [0.2, 0.25) is 5.91 Å². The first-order chi connectivity index (χ1) is 13.5. The number of piperidine rings is 1. The second kappa shape index (κ2) is 9.32. The highest BCUT2D eigenvalue weighted by molar-refractivity contribution is 5.98. The highest BCUT2D eigenvalue weighted by Crippen LogP contribution is 2.33. The Morgan fingerprint density at radius 1 is 1.07 bits per heavy atom. The van der Waals surface area contributed by atoms with E-state index in [-0.39, 0.29) is 36.6 Å². The normalized spacial score (nSPS) is 23.0. The predicted molar refractivity (Wildman–Crippen MR) is 104 cm³/mol. The molecule has 6 heteroatoms. The Morgan fingerprint density at radius 3 is 2.36 bits per heavy atom. The lowest BCUT2D eigenvalue weighted by molar-refractivity contribution is -0.146.